The van der Waals surface area contributed by atoms with Crippen LogP contribution < -0.4 is 5.73 Å². The summed E-state index contributed by atoms with van der Waals surface area (Å²) >= 11 is 0. The first kappa shape index (κ1) is 16.4. The Kier molecular flexibility index (Phi) is 5.73. The normalized spacial score (nSPS) is 19.7. The fraction of sp³-hybridized carbons (Fsp3) is 0.647. The topological polar surface area (TPSA) is 38.5 Å². The molecule has 1 saturated heterocycles. The Morgan fingerprint density at radius 3 is 2.71 bits per heavy atom. The van der Waals surface area contributed by atoms with Crippen LogP contribution in [-0.4, -0.2) is 43.8 Å². The zero-order valence-electron chi connectivity index (χ0n) is 13.1. The number of likely N-dealkylation sites (N-methyl/N-ethyl adjacent to an activating group) is 1. The van der Waals surface area contributed by atoms with Gasteiger partial charge in [-0.15, -0.1) is 0 Å². The van der Waals surface area contributed by atoms with Gasteiger partial charge in [0, 0.05) is 31.8 Å². The zero-order valence-corrected chi connectivity index (χ0v) is 13.1. The van der Waals surface area contributed by atoms with Gasteiger partial charge >= 0.3 is 0 Å². The maximum absolute atomic E-state index is 13.4. The van der Waals surface area contributed by atoms with E-state index >= 15 is 0 Å². The van der Waals surface area contributed by atoms with Gasteiger partial charge in [-0.3, -0.25) is 4.90 Å². The summed E-state index contributed by atoms with van der Waals surface area (Å²) in [6.07, 6.45) is 3.00. The third-order valence-corrected chi connectivity index (χ3v) is 4.71. The van der Waals surface area contributed by atoms with Crippen molar-refractivity contribution in [1.82, 2.24) is 4.90 Å². The van der Waals surface area contributed by atoms with Crippen LogP contribution in [0.4, 0.5) is 4.39 Å². The second kappa shape index (κ2) is 7.34. The molecule has 1 fully saturated rings. The summed E-state index contributed by atoms with van der Waals surface area (Å²) < 4.78 is 18.8. The third kappa shape index (κ3) is 4.50. The molecule has 0 radical (unpaired) electrons. The molecular formula is C17H27FN2O. The number of benzene rings is 1. The summed E-state index contributed by atoms with van der Waals surface area (Å²) in [6, 6.07) is 6.82. The quantitative estimate of drug-likeness (QED) is 0.876. The number of ether oxygens (including phenoxy) is 1. The fourth-order valence-corrected chi connectivity index (χ4v) is 2.99. The predicted octanol–water partition coefficient (Wildman–Crippen LogP) is 2.44. The van der Waals surface area contributed by atoms with Crippen molar-refractivity contribution < 1.29 is 9.13 Å². The molecule has 21 heavy (non-hydrogen) atoms. The number of nitrogens with zero attached hydrogens (tertiary/aromatic N) is 1. The molecule has 1 unspecified atom stereocenters. The second-order valence-corrected chi connectivity index (χ2v) is 6.44. The summed E-state index contributed by atoms with van der Waals surface area (Å²) in [5.74, 6) is 0.487. The Bertz CT molecular complexity index is 448. The minimum Gasteiger partial charge on any atom is -0.381 e. The minimum absolute atomic E-state index is 0.147. The number of nitrogens with two attached hydrogens (primary N) is 1. The second-order valence-electron chi connectivity index (χ2n) is 6.44. The SMILES string of the molecule is CN(CC1CCOCC1)C(C)(CN)Cc1cccc(F)c1. The van der Waals surface area contributed by atoms with Gasteiger partial charge in [0.05, 0.1) is 0 Å². The van der Waals surface area contributed by atoms with E-state index in [0.29, 0.717) is 12.5 Å². The van der Waals surface area contributed by atoms with Gasteiger partial charge in [0.15, 0.2) is 0 Å². The highest BCUT2D eigenvalue weighted by Crippen LogP contribution is 2.23. The van der Waals surface area contributed by atoms with Crippen LogP contribution in [0, 0.1) is 11.7 Å². The summed E-state index contributed by atoms with van der Waals surface area (Å²) in [5, 5.41) is 0. The van der Waals surface area contributed by atoms with E-state index in [2.05, 4.69) is 18.9 Å². The number of hydrogen-bond acceptors (Lipinski definition) is 3. The van der Waals surface area contributed by atoms with E-state index < -0.39 is 0 Å². The van der Waals surface area contributed by atoms with Gasteiger partial charge in [0.1, 0.15) is 5.82 Å². The first-order valence-electron chi connectivity index (χ1n) is 7.77. The highest BCUT2D eigenvalue weighted by molar-refractivity contribution is 5.19. The summed E-state index contributed by atoms with van der Waals surface area (Å²) in [5.41, 5.74) is 6.89. The van der Waals surface area contributed by atoms with E-state index in [1.807, 2.05) is 6.07 Å². The van der Waals surface area contributed by atoms with Crippen LogP contribution in [0.3, 0.4) is 0 Å². The number of hydrogen-bond donors (Lipinski definition) is 1. The molecule has 1 atom stereocenters. The molecule has 0 spiro atoms. The first-order valence-corrected chi connectivity index (χ1v) is 7.77. The monoisotopic (exact) mass is 294 g/mol. The molecule has 4 heteroatoms. The van der Waals surface area contributed by atoms with E-state index in [-0.39, 0.29) is 11.4 Å². The standard InChI is InChI=1S/C17H27FN2O/c1-17(13-19,11-15-4-3-5-16(18)10-15)20(2)12-14-6-8-21-9-7-14/h3-5,10,14H,6-9,11-13,19H2,1-2H3. The van der Waals surface area contributed by atoms with Gasteiger partial charge in [0.25, 0.3) is 0 Å². The molecule has 118 valence electrons. The van der Waals surface area contributed by atoms with Crippen molar-refractivity contribution >= 4 is 0 Å². The van der Waals surface area contributed by atoms with Crippen LogP contribution in [-0.2, 0) is 11.2 Å². The maximum Gasteiger partial charge on any atom is 0.123 e. The average molecular weight is 294 g/mol. The fourth-order valence-electron chi connectivity index (χ4n) is 2.99. The molecule has 1 aliphatic rings. The highest BCUT2D eigenvalue weighted by atomic mass is 19.1. The smallest absolute Gasteiger partial charge is 0.123 e. The Hall–Kier alpha value is -0.970. The lowest BCUT2D eigenvalue weighted by Gasteiger charge is -2.41. The molecule has 2 rings (SSSR count). The predicted molar refractivity (Wildman–Crippen MR) is 83.7 cm³/mol. The van der Waals surface area contributed by atoms with Crippen molar-refractivity contribution in [1.29, 1.82) is 0 Å². The van der Waals surface area contributed by atoms with Gasteiger partial charge in [-0.2, -0.15) is 0 Å². The molecule has 0 amide bonds. The lowest BCUT2D eigenvalue weighted by molar-refractivity contribution is 0.0379. The average Bonchev–Trinajstić information content (AvgIpc) is 2.48. The van der Waals surface area contributed by atoms with Crippen LogP contribution in [0.15, 0.2) is 24.3 Å². The molecule has 0 aliphatic carbocycles. The van der Waals surface area contributed by atoms with Crippen LogP contribution in [0.25, 0.3) is 0 Å². The highest BCUT2D eigenvalue weighted by Gasteiger charge is 2.30. The molecule has 1 aliphatic heterocycles. The van der Waals surface area contributed by atoms with Gasteiger partial charge in [0.2, 0.25) is 0 Å². The van der Waals surface area contributed by atoms with Crippen LogP contribution in [0.5, 0.6) is 0 Å². The van der Waals surface area contributed by atoms with Gasteiger partial charge in [-0.25, -0.2) is 4.39 Å². The molecule has 1 aromatic carbocycles. The molecule has 0 aromatic heterocycles. The number of rotatable bonds is 6. The molecule has 1 aromatic rings. The van der Waals surface area contributed by atoms with E-state index in [9.17, 15) is 4.39 Å². The largest absolute Gasteiger partial charge is 0.381 e. The van der Waals surface area contributed by atoms with Crippen molar-refractivity contribution in [3.05, 3.63) is 35.6 Å². The van der Waals surface area contributed by atoms with Crippen molar-refractivity contribution in [2.75, 3.05) is 33.4 Å². The van der Waals surface area contributed by atoms with E-state index in [4.69, 9.17) is 10.5 Å². The van der Waals surface area contributed by atoms with Crippen molar-refractivity contribution in [2.24, 2.45) is 11.7 Å². The Labute approximate surface area is 127 Å². The zero-order chi connectivity index (χ0) is 15.3. The third-order valence-electron chi connectivity index (χ3n) is 4.71. The lowest BCUT2D eigenvalue weighted by atomic mass is 9.89. The molecule has 0 saturated carbocycles. The molecule has 2 N–H and O–H groups in total. The van der Waals surface area contributed by atoms with Crippen molar-refractivity contribution in [3.63, 3.8) is 0 Å². The lowest BCUT2D eigenvalue weighted by Crippen LogP contribution is -2.53. The summed E-state index contributed by atoms with van der Waals surface area (Å²) in [6.45, 7) is 5.47. The molecule has 0 bridgehead atoms. The molecule has 3 nitrogen and oxygen atoms in total. The van der Waals surface area contributed by atoms with Crippen LogP contribution >= 0.6 is 0 Å². The maximum atomic E-state index is 13.4. The summed E-state index contributed by atoms with van der Waals surface area (Å²) in [4.78, 5) is 2.34. The van der Waals surface area contributed by atoms with Gasteiger partial charge in [-0.05, 0) is 56.8 Å². The van der Waals surface area contributed by atoms with E-state index in [1.165, 1.54) is 6.07 Å². The Morgan fingerprint density at radius 2 is 2.10 bits per heavy atom. The Balaban J connectivity index is 2.01. The Morgan fingerprint density at radius 1 is 1.38 bits per heavy atom. The molecular weight excluding hydrogens is 267 g/mol. The van der Waals surface area contributed by atoms with E-state index in [0.717, 1.165) is 44.6 Å². The van der Waals surface area contributed by atoms with Crippen LogP contribution in [0.1, 0.15) is 25.3 Å². The van der Waals surface area contributed by atoms with E-state index in [1.54, 1.807) is 12.1 Å². The van der Waals surface area contributed by atoms with Crippen molar-refractivity contribution in [3.8, 4) is 0 Å². The van der Waals surface area contributed by atoms with Crippen molar-refractivity contribution in [2.45, 2.75) is 31.7 Å². The van der Waals surface area contributed by atoms with Gasteiger partial charge < -0.3 is 10.5 Å². The number of halogens is 1. The first-order chi connectivity index (χ1) is 10.0. The molecule has 1 heterocycles. The summed E-state index contributed by atoms with van der Waals surface area (Å²) in [7, 11) is 2.13. The van der Waals surface area contributed by atoms with Gasteiger partial charge in [-0.1, -0.05) is 12.1 Å². The minimum atomic E-state index is -0.182. The van der Waals surface area contributed by atoms with Crippen LogP contribution in [0.2, 0.25) is 0 Å².